The highest BCUT2D eigenvalue weighted by Crippen LogP contribution is 2.24. The van der Waals surface area contributed by atoms with Gasteiger partial charge in [0.15, 0.2) is 0 Å². The molecule has 0 unspecified atom stereocenters. The van der Waals surface area contributed by atoms with Gasteiger partial charge in [-0.05, 0) is 19.1 Å². The predicted octanol–water partition coefficient (Wildman–Crippen LogP) is 1.56. The Hall–Kier alpha value is -2.24. The van der Waals surface area contributed by atoms with Gasteiger partial charge in [0.2, 0.25) is 6.10 Å². The molecule has 0 amide bonds. The lowest BCUT2D eigenvalue weighted by Crippen LogP contribution is -2.22. The molecular formula is C14H16O6. The van der Waals surface area contributed by atoms with Crippen molar-refractivity contribution >= 4 is 11.9 Å². The van der Waals surface area contributed by atoms with E-state index in [-0.39, 0.29) is 11.7 Å². The van der Waals surface area contributed by atoms with Crippen LogP contribution in [0.4, 0.5) is 0 Å². The number of hydrogen-bond acceptors (Lipinski definition) is 6. The van der Waals surface area contributed by atoms with Crippen molar-refractivity contribution in [2.75, 3.05) is 14.2 Å². The van der Waals surface area contributed by atoms with Crippen LogP contribution in [-0.4, -0.2) is 38.4 Å². The normalized spacial score (nSPS) is 21.2. The van der Waals surface area contributed by atoms with Crippen LogP contribution in [0, 0.1) is 0 Å². The highest BCUT2D eigenvalue weighted by Gasteiger charge is 2.35. The molecule has 0 spiro atoms. The molecule has 1 fully saturated rings. The third-order valence-corrected chi connectivity index (χ3v) is 2.96. The first-order valence-corrected chi connectivity index (χ1v) is 6.18. The average molecular weight is 280 g/mol. The van der Waals surface area contributed by atoms with Crippen molar-refractivity contribution in [3.05, 3.63) is 23.8 Å². The zero-order valence-electron chi connectivity index (χ0n) is 11.5. The lowest BCUT2D eigenvalue weighted by molar-refractivity contribution is -0.147. The van der Waals surface area contributed by atoms with Crippen molar-refractivity contribution in [2.24, 2.45) is 0 Å². The monoisotopic (exact) mass is 280 g/mol. The average Bonchev–Trinajstić information content (AvgIpc) is 2.76. The Balaban J connectivity index is 2.14. The van der Waals surface area contributed by atoms with Gasteiger partial charge in [-0.2, -0.15) is 0 Å². The third-order valence-electron chi connectivity index (χ3n) is 2.96. The first-order valence-electron chi connectivity index (χ1n) is 6.18. The van der Waals surface area contributed by atoms with E-state index in [9.17, 15) is 9.59 Å². The molecule has 0 aromatic heterocycles. The summed E-state index contributed by atoms with van der Waals surface area (Å²) < 4.78 is 20.2. The van der Waals surface area contributed by atoms with E-state index >= 15 is 0 Å². The zero-order valence-corrected chi connectivity index (χ0v) is 11.5. The smallest absolute Gasteiger partial charge is 0.347 e. The maximum atomic E-state index is 12.0. The van der Waals surface area contributed by atoms with E-state index in [1.807, 2.05) is 0 Å². The molecule has 6 heteroatoms. The van der Waals surface area contributed by atoms with Gasteiger partial charge >= 0.3 is 11.9 Å². The summed E-state index contributed by atoms with van der Waals surface area (Å²) in [6.07, 6.45) is -0.721. The summed E-state index contributed by atoms with van der Waals surface area (Å²) in [5, 5.41) is 0. The van der Waals surface area contributed by atoms with Crippen LogP contribution in [-0.2, 0) is 14.3 Å². The molecule has 0 saturated carbocycles. The number of cyclic esters (lactones) is 1. The fraction of sp³-hybridized carbons (Fsp3) is 0.429. The number of esters is 2. The van der Waals surface area contributed by atoms with Crippen molar-refractivity contribution in [1.29, 1.82) is 0 Å². The van der Waals surface area contributed by atoms with E-state index in [0.29, 0.717) is 17.9 Å². The highest BCUT2D eigenvalue weighted by atomic mass is 16.6. The topological polar surface area (TPSA) is 71.1 Å². The molecule has 0 radical (unpaired) electrons. The second-order valence-corrected chi connectivity index (χ2v) is 4.48. The first-order chi connectivity index (χ1) is 9.53. The second-order valence-electron chi connectivity index (χ2n) is 4.48. The summed E-state index contributed by atoms with van der Waals surface area (Å²) in [6.45, 7) is 1.75. The molecule has 2 rings (SSSR count). The summed E-state index contributed by atoms with van der Waals surface area (Å²) in [4.78, 5) is 23.5. The second kappa shape index (κ2) is 5.81. The summed E-state index contributed by atoms with van der Waals surface area (Å²) in [6, 6.07) is 4.69. The first kappa shape index (κ1) is 14.2. The molecule has 108 valence electrons. The van der Waals surface area contributed by atoms with Crippen LogP contribution in [0.25, 0.3) is 0 Å². The van der Waals surface area contributed by atoms with Crippen LogP contribution in [0.5, 0.6) is 11.5 Å². The van der Waals surface area contributed by atoms with Gasteiger partial charge in [0, 0.05) is 12.5 Å². The maximum absolute atomic E-state index is 12.0. The minimum Gasteiger partial charge on any atom is -0.497 e. The summed E-state index contributed by atoms with van der Waals surface area (Å²) in [7, 11) is 2.97. The lowest BCUT2D eigenvalue weighted by Gasteiger charge is -2.10. The van der Waals surface area contributed by atoms with Gasteiger partial charge in [-0.25, -0.2) is 9.59 Å². The molecule has 6 nitrogen and oxygen atoms in total. The quantitative estimate of drug-likeness (QED) is 0.779. The Bertz CT molecular complexity index is 502. The Morgan fingerprint density at radius 2 is 1.80 bits per heavy atom. The molecule has 0 N–H and O–H groups in total. The number of rotatable bonds is 4. The molecule has 20 heavy (non-hydrogen) atoms. The van der Waals surface area contributed by atoms with Crippen LogP contribution >= 0.6 is 0 Å². The summed E-state index contributed by atoms with van der Waals surface area (Å²) in [5.41, 5.74) is 0.258. The Morgan fingerprint density at radius 1 is 1.20 bits per heavy atom. The number of ether oxygens (including phenoxy) is 4. The zero-order chi connectivity index (χ0) is 14.7. The van der Waals surface area contributed by atoms with Crippen LogP contribution < -0.4 is 9.47 Å². The third kappa shape index (κ3) is 3.01. The van der Waals surface area contributed by atoms with E-state index in [1.165, 1.54) is 26.4 Å². The van der Waals surface area contributed by atoms with Gasteiger partial charge < -0.3 is 18.9 Å². The Morgan fingerprint density at radius 3 is 2.25 bits per heavy atom. The van der Waals surface area contributed by atoms with Gasteiger partial charge in [0.25, 0.3) is 0 Å². The van der Waals surface area contributed by atoms with E-state index in [2.05, 4.69) is 0 Å². The minimum atomic E-state index is -0.852. The molecule has 1 aliphatic heterocycles. The summed E-state index contributed by atoms with van der Waals surface area (Å²) >= 11 is 0. The van der Waals surface area contributed by atoms with Gasteiger partial charge in [0.05, 0.1) is 19.8 Å². The fourth-order valence-corrected chi connectivity index (χ4v) is 1.94. The van der Waals surface area contributed by atoms with Gasteiger partial charge in [-0.15, -0.1) is 0 Å². The van der Waals surface area contributed by atoms with Crippen molar-refractivity contribution in [3.8, 4) is 11.5 Å². The summed E-state index contributed by atoms with van der Waals surface area (Å²) in [5.74, 6) is -0.184. The predicted molar refractivity (Wildman–Crippen MR) is 68.9 cm³/mol. The molecule has 0 aliphatic carbocycles. The largest absolute Gasteiger partial charge is 0.497 e. The van der Waals surface area contributed by atoms with Crippen molar-refractivity contribution < 1.29 is 28.5 Å². The molecule has 1 heterocycles. The number of hydrogen-bond donors (Lipinski definition) is 0. The maximum Gasteiger partial charge on any atom is 0.347 e. The van der Waals surface area contributed by atoms with E-state index < -0.39 is 18.0 Å². The van der Waals surface area contributed by atoms with Crippen molar-refractivity contribution in [1.82, 2.24) is 0 Å². The molecular weight excluding hydrogens is 264 g/mol. The van der Waals surface area contributed by atoms with Gasteiger partial charge in [0.1, 0.15) is 17.6 Å². The number of carbonyl (C=O) groups is 2. The van der Waals surface area contributed by atoms with Crippen LogP contribution in [0.2, 0.25) is 0 Å². The van der Waals surface area contributed by atoms with E-state index in [1.54, 1.807) is 13.0 Å². The molecule has 1 saturated heterocycles. The van der Waals surface area contributed by atoms with Crippen molar-refractivity contribution in [3.63, 3.8) is 0 Å². The van der Waals surface area contributed by atoms with E-state index in [4.69, 9.17) is 18.9 Å². The molecule has 2 atom stereocenters. The van der Waals surface area contributed by atoms with Crippen LogP contribution in [0.3, 0.4) is 0 Å². The number of carbonyl (C=O) groups excluding carboxylic acids is 2. The molecule has 1 aromatic rings. The fourth-order valence-electron chi connectivity index (χ4n) is 1.94. The van der Waals surface area contributed by atoms with Crippen molar-refractivity contribution in [2.45, 2.75) is 25.6 Å². The SMILES string of the molecule is COc1cc(OC)cc(C(=O)O[C@@H]2C[C@@H](C)OC2=O)c1. The Labute approximate surface area is 116 Å². The van der Waals surface area contributed by atoms with Crippen LogP contribution in [0.1, 0.15) is 23.7 Å². The lowest BCUT2D eigenvalue weighted by atomic mass is 10.2. The molecule has 0 bridgehead atoms. The highest BCUT2D eigenvalue weighted by molar-refractivity contribution is 5.92. The van der Waals surface area contributed by atoms with E-state index in [0.717, 1.165) is 0 Å². The number of benzene rings is 1. The molecule has 1 aromatic carbocycles. The minimum absolute atomic E-state index is 0.236. The molecule has 1 aliphatic rings. The Kier molecular flexibility index (Phi) is 4.12. The van der Waals surface area contributed by atoms with Gasteiger partial charge in [-0.3, -0.25) is 0 Å². The number of methoxy groups -OCH3 is 2. The van der Waals surface area contributed by atoms with Gasteiger partial charge in [-0.1, -0.05) is 0 Å². The van der Waals surface area contributed by atoms with Crippen LogP contribution in [0.15, 0.2) is 18.2 Å². The standard InChI is InChI=1S/C14H16O6/c1-8-4-12(14(16)19-8)20-13(15)9-5-10(17-2)7-11(6-9)18-3/h5-8,12H,4H2,1-3H3/t8-,12-/m1/s1.